The molecule has 10 aromatic rings. The Hall–Kier alpha value is -11.6. The van der Waals surface area contributed by atoms with Crippen molar-refractivity contribution in [2.75, 3.05) is 31.7 Å². The van der Waals surface area contributed by atoms with Crippen molar-refractivity contribution in [3.63, 3.8) is 0 Å². The van der Waals surface area contributed by atoms with Crippen LogP contribution in [0, 0.1) is 20.8 Å². The summed E-state index contributed by atoms with van der Waals surface area (Å²) in [5, 5.41) is 22.1. The maximum atomic E-state index is 13.4. The maximum absolute atomic E-state index is 13.4. The number of aryl methyl sites for hydroxylation is 3. The first-order valence-corrected chi connectivity index (χ1v) is 39.1. The number of para-hydroxylation sites is 2. The van der Waals surface area contributed by atoms with Crippen molar-refractivity contribution in [1.82, 2.24) is 14.7 Å². The number of phenolic OH excluding ortho intramolecular Hbond substituents is 2. The van der Waals surface area contributed by atoms with Crippen LogP contribution in [-0.4, -0.2) is 96.0 Å². The fourth-order valence-electron chi connectivity index (χ4n) is 11.1. The van der Waals surface area contributed by atoms with E-state index in [1.165, 1.54) is 58.2 Å². The van der Waals surface area contributed by atoms with Crippen LogP contribution in [0.1, 0.15) is 97.2 Å². The Labute approximate surface area is 659 Å². The topological polar surface area (TPSA) is 203 Å². The number of aromatic hydroxyl groups is 2. The van der Waals surface area contributed by atoms with Crippen molar-refractivity contribution in [2.24, 2.45) is 20.0 Å². The van der Waals surface area contributed by atoms with E-state index in [2.05, 4.69) is 60.0 Å². The Kier molecular flexibility index (Phi) is 27.8. The van der Waals surface area contributed by atoms with Crippen LogP contribution in [0.5, 0.6) is 23.0 Å². The average Bonchev–Trinajstić information content (AvgIpc) is 1.58. The van der Waals surface area contributed by atoms with Crippen molar-refractivity contribution in [3.05, 3.63) is 313 Å². The molecule has 4 aliphatic heterocycles. The van der Waals surface area contributed by atoms with Gasteiger partial charge in [-0.3, -0.25) is 38.8 Å². The highest BCUT2D eigenvalue weighted by atomic mass is 32.2. The van der Waals surface area contributed by atoms with Gasteiger partial charge in [0.15, 0.2) is 32.2 Å². The SMILES string of the molecule is CCCN1C(=O)/C(=C/c2ccc(C(C)C)cc2)SC1=Nc1ccccc1.CCN1C(=O)/C(=C/c2ccc(C)cc2)SC1=Nc1ccc(OC)cc1.CCOc1cc(C=C2SC(=Nc3ccc(C)cc3)N(c3ccc(C)cc3)C2=O)ccc1O.O=C1/C(=C\c2ccc(O)cc2)SC(=Nc2ccccc2)N1Cc1ccco1. The number of hydrogen-bond donors (Lipinski definition) is 2. The first kappa shape index (κ1) is 79.4. The van der Waals surface area contributed by atoms with Crippen molar-refractivity contribution >= 4 is 144 Å². The number of nitrogens with zero attached hydrogens (tertiary/aromatic N) is 8. The van der Waals surface area contributed by atoms with Gasteiger partial charge in [-0.15, -0.1) is 0 Å². The lowest BCUT2D eigenvalue weighted by molar-refractivity contribution is -0.123. The first-order chi connectivity index (χ1) is 53.3. The molecule has 1 aromatic heterocycles. The van der Waals surface area contributed by atoms with Gasteiger partial charge in [0.1, 0.15) is 17.3 Å². The number of amides is 4. The van der Waals surface area contributed by atoms with Gasteiger partial charge in [0.2, 0.25) is 0 Å². The number of carbonyl (C=O) groups is 4. The minimum Gasteiger partial charge on any atom is -0.508 e. The molecule has 0 atom stereocenters. The van der Waals surface area contributed by atoms with Crippen molar-refractivity contribution in [3.8, 4) is 23.0 Å². The molecule has 0 spiro atoms. The normalized spacial score (nSPS) is 17.1. The van der Waals surface area contributed by atoms with Gasteiger partial charge in [0.05, 0.1) is 74.6 Å². The molecule has 110 heavy (non-hydrogen) atoms. The zero-order valence-corrected chi connectivity index (χ0v) is 65.7. The largest absolute Gasteiger partial charge is 0.508 e. The summed E-state index contributed by atoms with van der Waals surface area (Å²) in [5.41, 5.74) is 12.4. The van der Waals surface area contributed by atoms with Gasteiger partial charge in [-0.1, -0.05) is 165 Å². The monoisotopic (exact) mass is 1540 g/mol. The predicted molar refractivity (Wildman–Crippen MR) is 454 cm³/mol. The Balaban J connectivity index is 0.000000146. The highest BCUT2D eigenvalue weighted by Gasteiger charge is 2.37. The summed E-state index contributed by atoms with van der Waals surface area (Å²) < 4.78 is 16.0. The minimum absolute atomic E-state index is 0.000312. The lowest BCUT2D eigenvalue weighted by atomic mass is 10.0. The quantitative estimate of drug-likeness (QED) is 0.0769. The Morgan fingerprint density at radius 3 is 1.38 bits per heavy atom. The summed E-state index contributed by atoms with van der Waals surface area (Å²) >= 11 is 5.52. The molecule has 4 amide bonds. The van der Waals surface area contributed by atoms with E-state index >= 15 is 0 Å². The van der Waals surface area contributed by atoms with Crippen molar-refractivity contribution in [2.45, 2.75) is 74.3 Å². The Morgan fingerprint density at radius 2 is 0.882 bits per heavy atom. The van der Waals surface area contributed by atoms with Crippen LogP contribution in [-0.2, 0) is 25.7 Å². The lowest BCUT2D eigenvalue weighted by Crippen LogP contribution is -2.29. The third-order valence-corrected chi connectivity index (χ3v) is 21.0. The summed E-state index contributed by atoms with van der Waals surface area (Å²) in [4.78, 5) is 79.8. The number of furan rings is 1. The number of methoxy groups -OCH3 is 1. The zero-order valence-electron chi connectivity index (χ0n) is 62.5. The molecule has 5 heterocycles. The molecule has 4 fully saturated rings. The number of amidine groups is 4. The highest BCUT2D eigenvalue weighted by Crippen LogP contribution is 2.41. The van der Waals surface area contributed by atoms with Gasteiger partial charge >= 0.3 is 0 Å². The second kappa shape index (κ2) is 38.5. The van der Waals surface area contributed by atoms with E-state index in [1.807, 2.05) is 211 Å². The molecule has 558 valence electrons. The van der Waals surface area contributed by atoms with Crippen LogP contribution in [0.15, 0.2) is 287 Å². The number of rotatable bonds is 18. The molecule has 0 bridgehead atoms. The van der Waals surface area contributed by atoms with Gasteiger partial charge in [-0.05, 0) is 255 Å². The fourth-order valence-corrected chi connectivity index (χ4v) is 15.2. The number of phenols is 2. The molecular formula is C89H84N8O9S4. The van der Waals surface area contributed by atoms with Gasteiger partial charge in [-0.25, -0.2) is 20.0 Å². The molecule has 0 radical (unpaired) electrons. The third-order valence-electron chi connectivity index (χ3n) is 17.0. The van der Waals surface area contributed by atoms with Crippen LogP contribution >= 0.6 is 47.0 Å². The van der Waals surface area contributed by atoms with Gasteiger partial charge in [0, 0.05) is 13.1 Å². The number of anilines is 1. The predicted octanol–water partition coefficient (Wildman–Crippen LogP) is 21.5. The smallest absolute Gasteiger partial charge is 0.271 e. The standard InChI is InChI=1S/C26H24N2O3S.C22H24N2OS.C21H16N2O3S.C20H20N2O2S/c1-4-31-23-15-19(9-14-22(23)29)16-24-25(30)28(21-12-7-18(3)8-13-21)26(32-24)27-20-10-5-17(2)6-11-20;1-4-14-24-21(25)20(15-17-10-12-18(13-11-17)16(2)3)26-22(24)23-19-8-6-5-7-9-19;24-17-10-8-15(9-11-17)13-19-20(25)23(14-18-7-4-12-26-18)21(27-19)22-16-5-2-1-3-6-16;1-4-22-19(23)18(13-15-7-5-14(2)6-8-15)25-20(22)21-16-9-11-17(24-3)12-10-16/h5-16,29H,4H2,1-3H3;5-13,15-16H,4,14H2,1-3H3;1-13,24H,14H2;5-13H,4H2,1-3H3/b;20-15-,23-22?;19-13+,22-21?;18-13-,21-20?. The van der Waals surface area contributed by atoms with Crippen LogP contribution in [0.4, 0.5) is 28.4 Å². The van der Waals surface area contributed by atoms with Crippen LogP contribution in [0.2, 0.25) is 0 Å². The highest BCUT2D eigenvalue weighted by molar-refractivity contribution is 8.19. The molecule has 21 heteroatoms. The molecule has 0 aliphatic carbocycles. The molecule has 4 saturated heterocycles. The van der Waals surface area contributed by atoms with Gasteiger partial charge in [0.25, 0.3) is 23.6 Å². The van der Waals surface area contributed by atoms with E-state index in [0.29, 0.717) is 73.9 Å². The fraction of sp³-hybridized carbons (Fsp3) is 0.169. The van der Waals surface area contributed by atoms with E-state index in [9.17, 15) is 29.4 Å². The number of benzene rings is 9. The molecule has 17 nitrogen and oxygen atoms in total. The summed E-state index contributed by atoms with van der Waals surface area (Å²) in [6.45, 7) is 18.4. The minimum atomic E-state index is -0.143. The molecule has 14 rings (SSSR count). The molecule has 0 saturated carbocycles. The van der Waals surface area contributed by atoms with E-state index in [0.717, 1.165) is 84.1 Å². The number of thioether (sulfide) groups is 4. The number of hydrogen-bond acceptors (Lipinski definition) is 17. The molecule has 9 aromatic carbocycles. The van der Waals surface area contributed by atoms with E-state index in [4.69, 9.17) is 18.9 Å². The van der Waals surface area contributed by atoms with Crippen LogP contribution in [0.3, 0.4) is 0 Å². The first-order valence-electron chi connectivity index (χ1n) is 35.9. The van der Waals surface area contributed by atoms with Crippen LogP contribution < -0.4 is 14.4 Å². The number of likely N-dealkylation sites (N-methyl/N-ethyl adjacent to an activating group) is 1. The van der Waals surface area contributed by atoms with Crippen molar-refractivity contribution in [1.29, 1.82) is 0 Å². The molecule has 2 N–H and O–H groups in total. The van der Waals surface area contributed by atoms with Crippen LogP contribution in [0.25, 0.3) is 24.3 Å². The third kappa shape index (κ3) is 21.4. The summed E-state index contributed by atoms with van der Waals surface area (Å²) in [7, 11) is 1.63. The maximum Gasteiger partial charge on any atom is 0.271 e. The zero-order chi connectivity index (χ0) is 77.6. The average molecular weight is 1540 g/mol. The Morgan fingerprint density at radius 1 is 0.455 bits per heavy atom. The second-order valence-electron chi connectivity index (χ2n) is 25.7. The lowest BCUT2D eigenvalue weighted by Gasteiger charge is -2.16. The Bertz CT molecular complexity index is 5120. The molecule has 0 unspecified atom stereocenters. The van der Waals surface area contributed by atoms with Gasteiger partial charge < -0.3 is 24.1 Å². The molecule has 4 aliphatic rings. The van der Waals surface area contributed by atoms with E-state index in [1.54, 1.807) is 93.7 Å². The number of carbonyl (C=O) groups excluding carboxylic acids is 4. The number of ether oxygens (including phenoxy) is 2. The summed E-state index contributed by atoms with van der Waals surface area (Å²) in [6.07, 6.45) is 9.97. The van der Waals surface area contributed by atoms with Gasteiger partial charge in [-0.2, -0.15) is 0 Å². The van der Waals surface area contributed by atoms with E-state index in [-0.39, 0.29) is 35.1 Å². The summed E-state index contributed by atoms with van der Waals surface area (Å²) in [5.74, 6) is 2.40. The van der Waals surface area contributed by atoms with E-state index < -0.39 is 0 Å². The molecular weight excluding hydrogens is 1450 g/mol. The second-order valence-corrected chi connectivity index (χ2v) is 29.7. The van der Waals surface area contributed by atoms with Crippen molar-refractivity contribution < 1.29 is 43.3 Å². The summed E-state index contributed by atoms with van der Waals surface area (Å²) in [6, 6.07) is 74.4. The number of aliphatic imine (C=N–C) groups is 4.